The number of aromatic nitrogens is 4. The molecule has 1 aliphatic heterocycles. The summed E-state index contributed by atoms with van der Waals surface area (Å²) in [5.74, 6) is 1.53. The Labute approximate surface area is 195 Å². The molecule has 0 bridgehead atoms. The van der Waals surface area contributed by atoms with E-state index in [0.717, 1.165) is 47.4 Å². The number of anilines is 1. The van der Waals surface area contributed by atoms with Crippen LogP contribution in [-0.2, 0) is 11.2 Å². The molecule has 0 unspecified atom stereocenters. The van der Waals surface area contributed by atoms with Crippen LogP contribution in [0.4, 0.5) is 5.69 Å². The zero-order chi connectivity index (χ0) is 23.6. The summed E-state index contributed by atoms with van der Waals surface area (Å²) in [6.07, 6.45) is 6.05. The number of rotatable bonds is 4. The summed E-state index contributed by atoms with van der Waals surface area (Å²) in [5, 5.41) is 0. The SMILES string of the molecule is COc1cc2c(cn1)N(C(=O)c1cc3[nH]c(=O)c4cnc(C5CC(OC)C5)n4c3cc1C)CC2. The third kappa shape index (κ3) is 3.03. The molecule has 0 radical (unpaired) electrons. The molecule has 0 saturated heterocycles. The Bertz CT molecular complexity index is 1520. The number of imidazole rings is 1. The predicted molar refractivity (Wildman–Crippen MR) is 127 cm³/mol. The van der Waals surface area contributed by atoms with Crippen LogP contribution >= 0.6 is 0 Å². The van der Waals surface area contributed by atoms with Gasteiger partial charge in [-0.3, -0.25) is 14.0 Å². The number of aryl methyl sites for hydroxylation is 1. The van der Waals surface area contributed by atoms with Crippen LogP contribution < -0.4 is 15.2 Å². The van der Waals surface area contributed by atoms with E-state index in [9.17, 15) is 9.59 Å². The smallest absolute Gasteiger partial charge is 0.274 e. The molecular formula is C25H25N5O4. The number of fused-ring (bicyclic) bond motifs is 4. The van der Waals surface area contributed by atoms with Gasteiger partial charge in [0.15, 0.2) is 0 Å². The van der Waals surface area contributed by atoms with Crippen molar-refractivity contribution in [2.24, 2.45) is 0 Å². The summed E-state index contributed by atoms with van der Waals surface area (Å²) in [7, 11) is 3.30. The zero-order valence-electron chi connectivity index (χ0n) is 19.3. The van der Waals surface area contributed by atoms with Crippen LogP contribution in [0.25, 0.3) is 16.6 Å². The summed E-state index contributed by atoms with van der Waals surface area (Å²) in [4.78, 5) is 40.0. The molecule has 2 aliphatic rings. The van der Waals surface area contributed by atoms with Crippen LogP contribution in [0.15, 0.2) is 35.4 Å². The average Bonchev–Trinajstić information content (AvgIpc) is 3.43. The van der Waals surface area contributed by atoms with Gasteiger partial charge < -0.3 is 19.4 Å². The van der Waals surface area contributed by atoms with Gasteiger partial charge in [0.2, 0.25) is 5.88 Å². The van der Waals surface area contributed by atoms with E-state index >= 15 is 0 Å². The van der Waals surface area contributed by atoms with Gasteiger partial charge in [0, 0.05) is 31.2 Å². The molecule has 4 heterocycles. The minimum atomic E-state index is -0.223. The van der Waals surface area contributed by atoms with Crippen molar-refractivity contribution < 1.29 is 14.3 Å². The summed E-state index contributed by atoms with van der Waals surface area (Å²) in [5.41, 5.74) is 4.95. The number of nitrogens with zero attached hydrogens (tertiary/aromatic N) is 4. The van der Waals surface area contributed by atoms with Gasteiger partial charge in [0.25, 0.3) is 11.5 Å². The predicted octanol–water partition coefficient (Wildman–Crippen LogP) is 2.98. The molecule has 4 aromatic rings. The first-order chi connectivity index (χ1) is 16.5. The van der Waals surface area contributed by atoms with Gasteiger partial charge in [-0.2, -0.15) is 0 Å². The van der Waals surface area contributed by atoms with Gasteiger partial charge in [-0.25, -0.2) is 9.97 Å². The quantitative estimate of drug-likeness (QED) is 0.503. The van der Waals surface area contributed by atoms with Gasteiger partial charge in [-0.05, 0) is 49.4 Å². The van der Waals surface area contributed by atoms with Gasteiger partial charge >= 0.3 is 0 Å². The number of benzene rings is 1. The van der Waals surface area contributed by atoms with Crippen LogP contribution in [0, 0.1) is 6.92 Å². The maximum atomic E-state index is 13.6. The van der Waals surface area contributed by atoms with Crippen LogP contribution in [0.3, 0.4) is 0 Å². The average molecular weight is 460 g/mol. The molecule has 9 nitrogen and oxygen atoms in total. The summed E-state index contributed by atoms with van der Waals surface area (Å²) in [6, 6.07) is 5.62. The lowest BCUT2D eigenvalue weighted by Crippen LogP contribution is -2.30. The number of carbonyl (C=O) groups excluding carboxylic acids is 1. The molecule has 9 heteroatoms. The number of hydrogen-bond acceptors (Lipinski definition) is 6. The van der Waals surface area contributed by atoms with E-state index in [0.29, 0.717) is 29.0 Å². The number of carbonyl (C=O) groups is 1. The fraction of sp³-hybridized carbons (Fsp3) is 0.360. The molecule has 6 rings (SSSR count). The van der Waals surface area contributed by atoms with Crippen molar-refractivity contribution in [1.82, 2.24) is 19.4 Å². The third-order valence-corrected chi connectivity index (χ3v) is 7.17. The topological polar surface area (TPSA) is 102 Å². The minimum absolute atomic E-state index is 0.112. The second kappa shape index (κ2) is 7.66. The Hall–Kier alpha value is -3.72. The van der Waals surface area contributed by atoms with Gasteiger partial charge in [0.05, 0.1) is 42.3 Å². The lowest BCUT2D eigenvalue weighted by atomic mass is 9.81. The molecule has 1 N–H and O–H groups in total. The Morgan fingerprint density at radius 3 is 2.71 bits per heavy atom. The van der Waals surface area contributed by atoms with Crippen molar-refractivity contribution in [3.8, 4) is 5.88 Å². The number of H-pyrrole nitrogens is 1. The van der Waals surface area contributed by atoms with E-state index in [1.165, 1.54) is 0 Å². The monoisotopic (exact) mass is 459 g/mol. The Kier molecular flexibility index (Phi) is 4.70. The summed E-state index contributed by atoms with van der Waals surface area (Å²) >= 11 is 0. The van der Waals surface area contributed by atoms with Crippen molar-refractivity contribution in [3.63, 3.8) is 0 Å². The molecule has 1 fully saturated rings. The van der Waals surface area contributed by atoms with E-state index in [1.54, 1.807) is 37.6 Å². The van der Waals surface area contributed by atoms with Gasteiger partial charge in [-0.1, -0.05) is 0 Å². The highest BCUT2D eigenvalue weighted by atomic mass is 16.5. The molecular weight excluding hydrogens is 434 g/mol. The minimum Gasteiger partial charge on any atom is -0.481 e. The van der Waals surface area contributed by atoms with E-state index in [4.69, 9.17) is 9.47 Å². The van der Waals surface area contributed by atoms with Crippen LogP contribution in [0.1, 0.15) is 46.1 Å². The molecule has 1 aliphatic carbocycles. The number of amides is 1. The van der Waals surface area contributed by atoms with Crippen molar-refractivity contribution in [2.75, 3.05) is 25.7 Å². The third-order valence-electron chi connectivity index (χ3n) is 7.17. The fourth-order valence-electron chi connectivity index (χ4n) is 5.16. The molecule has 3 aromatic heterocycles. The second-order valence-corrected chi connectivity index (χ2v) is 9.06. The highest BCUT2D eigenvalue weighted by Crippen LogP contribution is 2.38. The Balaban J connectivity index is 1.43. The molecule has 1 aromatic carbocycles. The van der Waals surface area contributed by atoms with E-state index in [1.807, 2.05) is 23.5 Å². The van der Waals surface area contributed by atoms with Gasteiger partial charge in [-0.15, -0.1) is 0 Å². The molecule has 174 valence electrons. The van der Waals surface area contributed by atoms with E-state index < -0.39 is 0 Å². The van der Waals surface area contributed by atoms with Crippen LogP contribution in [-0.4, -0.2) is 52.1 Å². The lowest BCUT2D eigenvalue weighted by Gasteiger charge is -2.33. The molecule has 0 atom stereocenters. The van der Waals surface area contributed by atoms with Crippen molar-refractivity contribution in [1.29, 1.82) is 0 Å². The molecule has 0 spiro atoms. The first-order valence-corrected chi connectivity index (χ1v) is 11.4. The number of aromatic amines is 1. The van der Waals surface area contributed by atoms with E-state index in [-0.39, 0.29) is 23.5 Å². The van der Waals surface area contributed by atoms with Crippen molar-refractivity contribution in [3.05, 3.63) is 63.5 Å². The maximum absolute atomic E-state index is 13.6. The van der Waals surface area contributed by atoms with Crippen LogP contribution in [0.2, 0.25) is 0 Å². The molecule has 1 amide bonds. The number of hydrogen-bond donors (Lipinski definition) is 1. The largest absolute Gasteiger partial charge is 0.481 e. The lowest BCUT2D eigenvalue weighted by molar-refractivity contribution is 0.0236. The Morgan fingerprint density at radius 2 is 1.94 bits per heavy atom. The summed E-state index contributed by atoms with van der Waals surface area (Å²) in [6.45, 7) is 2.50. The van der Waals surface area contributed by atoms with E-state index in [2.05, 4.69) is 15.0 Å². The van der Waals surface area contributed by atoms with Crippen molar-refractivity contribution >= 4 is 28.1 Å². The maximum Gasteiger partial charge on any atom is 0.274 e. The highest BCUT2D eigenvalue weighted by Gasteiger charge is 2.34. The molecule has 34 heavy (non-hydrogen) atoms. The van der Waals surface area contributed by atoms with Crippen molar-refractivity contribution in [2.45, 2.75) is 38.2 Å². The molecule has 1 saturated carbocycles. The number of methoxy groups -OCH3 is 2. The van der Waals surface area contributed by atoms with Crippen LogP contribution in [0.5, 0.6) is 5.88 Å². The standard InChI is InChI=1S/C25H25N5O4/c1-13-6-19-18(28-24(31)21-12-27-23(30(19)21)15-7-16(8-15)33-2)10-17(13)25(32)29-5-4-14-9-22(34-3)26-11-20(14)29/h6,9-12,15-16H,4-5,7-8H2,1-3H3,(H,28,31). The number of pyridine rings is 1. The normalized spacial score (nSPS) is 19.4. The Morgan fingerprint density at radius 1 is 1.12 bits per heavy atom. The summed E-state index contributed by atoms with van der Waals surface area (Å²) < 4.78 is 12.6. The first kappa shape index (κ1) is 20.9. The zero-order valence-corrected chi connectivity index (χ0v) is 19.3. The second-order valence-electron chi connectivity index (χ2n) is 9.06. The van der Waals surface area contributed by atoms with Gasteiger partial charge in [0.1, 0.15) is 11.3 Å². The number of nitrogens with one attached hydrogen (secondary N) is 1. The fourth-order valence-corrected chi connectivity index (χ4v) is 5.16. The number of ether oxygens (including phenoxy) is 2. The first-order valence-electron chi connectivity index (χ1n) is 11.4. The highest BCUT2D eigenvalue weighted by molar-refractivity contribution is 6.09.